The highest BCUT2D eigenvalue weighted by molar-refractivity contribution is 5.94. The van der Waals surface area contributed by atoms with Crippen molar-refractivity contribution in [3.8, 4) is 0 Å². The van der Waals surface area contributed by atoms with Crippen molar-refractivity contribution in [2.45, 2.75) is 40.5 Å². The summed E-state index contributed by atoms with van der Waals surface area (Å²) in [7, 11) is 1.43. The SMILES string of the molecule is C=C(C)[C@@H]1C[C@H]2[C@H](C(=O)OC)C[C@]1(C)C(=O)C2(C)C. The van der Waals surface area contributed by atoms with Gasteiger partial charge in [0.2, 0.25) is 0 Å². The normalized spacial score (nSPS) is 40.1. The van der Waals surface area contributed by atoms with Gasteiger partial charge in [-0.1, -0.05) is 32.9 Å². The minimum atomic E-state index is -0.469. The van der Waals surface area contributed by atoms with E-state index in [0.29, 0.717) is 6.42 Å². The van der Waals surface area contributed by atoms with Crippen molar-refractivity contribution >= 4 is 11.8 Å². The number of hydrogen-bond acceptors (Lipinski definition) is 3. The highest BCUT2D eigenvalue weighted by atomic mass is 16.5. The van der Waals surface area contributed by atoms with Gasteiger partial charge in [0, 0.05) is 10.8 Å². The number of carbonyl (C=O) groups is 2. The molecule has 4 atom stereocenters. The molecule has 0 radical (unpaired) electrons. The van der Waals surface area contributed by atoms with Crippen LogP contribution < -0.4 is 0 Å². The lowest BCUT2D eigenvalue weighted by Gasteiger charge is -2.59. The molecule has 3 fully saturated rings. The zero-order valence-electron chi connectivity index (χ0n) is 12.6. The standard InChI is InChI=1S/C16H24O3/c1-9(2)11-7-12-10(13(17)19-6)8-16(11,5)14(18)15(12,3)4/h10-12H,1,7-8H2,2-6H3/t10-,11+,12+,16+/m1/s1. The Kier molecular flexibility index (Phi) is 3.15. The van der Waals surface area contributed by atoms with Crippen molar-refractivity contribution in [1.82, 2.24) is 0 Å². The van der Waals surface area contributed by atoms with E-state index in [9.17, 15) is 9.59 Å². The monoisotopic (exact) mass is 264 g/mol. The van der Waals surface area contributed by atoms with Gasteiger partial charge in [-0.2, -0.15) is 0 Å². The first-order chi connectivity index (χ1) is 8.66. The predicted molar refractivity (Wildman–Crippen MR) is 73.4 cm³/mol. The van der Waals surface area contributed by atoms with Gasteiger partial charge in [-0.25, -0.2) is 0 Å². The van der Waals surface area contributed by atoms with Gasteiger partial charge in [0.25, 0.3) is 0 Å². The fourth-order valence-corrected chi connectivity index (χ4v) is 4.52. The molecule has 3 aliphatic carbocycles. The number of methoxy groups -OCH3 is 1. The van der Waals surface area contributed by atoms with E-state index in [-0.39, 0.29) is 29.5 Å². The minimum absolute atomic E-state index is 0.0657. The molecule has 0 unspecified atom stereocenters. The van der Waals surface area contributed by atoms with E-state index in [4.69, 9.17) is 4.74 Å². The fourth-order valence-electron chi connectivity index (χ4n) is 4.52. The van der Waals surface area contributed by atoms with E-state index in [1.165, 1.54) is 7.11 Å². The molecule has 106 valence electrons. The third-order valence-electron chi connectivity index (χ3n) is 5.52. The molecule has 0 aromatic heterocycles. The Bertz CT molecular complexity index is 449. The van der Waals surface area contributed by atoms with Crippen LogP contribution in [0.4, 0.5) is 0 Å². The Labute approximate surface area is 115 Å². The maximum atomic E-state index is 12.8. The summed E-state index contributed by atoms with van der Waals surface area (Å²) in [6.45, 7) is 12.0. The summed E-state index contributed by atoms with van der Waals surface area (Å²) in [6, 6.07) is 0. The van der Waals surface area contributed by atoms with E-state index in [2.05, 4.69) is 6.58 Å². The topological polar surface area (TPSA) is 43.4 Å². The molecule has 3 nitrogen and oxygen atoms in total. The van der Waals surface area contributed by atoms with Crippen LogP contribution in [0.3, 0.4) is 0 Å². The lowest BCUT2D eigenvalue weighted by Crippen LogP contribution is -2.62. The first-order valence-corrected chi connectivity index (χ1v) is 6.94. The number of Topliss-reactive ketones (excluding diaryl/α,β-unsaturated/α-hetero) is 1. The largest absolute Gasteiger partial charge is 0.469 e. The quantitative estimate of drug-likeness (QED) is 0.569. The van der Waals surface area contributed by atoms with E-state index >= 15 is 0 Å². The summed E-state index contributed by atoms with van der Waals surface area (Å²) < 4.78 is 4.94. The smallest absolute Gasteiger partial charge is 0.309 e. The number of hydrogen-bond donors (Lipinski definition) is 0. The molecule has 0 aromatic rings. The number of allylic oxidation sites excluding steroid dienone is 1. The van der Waals surface area contributed by atoms with E-state index in [0.717, 1.165) is 12.0 Å². The summed E-state index contributed by atoms with van der Waals surface area (Å²) in [5, 5.41) is 0. The van der Waals surface area contributed by atoms with Crippen molar-refractivity contribution in [3.05, 3.63) is 12.2 Å². The predicted octanol–water partition coefficient (Wildman–Crippen LogP) is 2.99. The van der Waals surface area contributed by atoms with Crippen molar-refractivity contribution in [3.63, 3.8) is 0 Å². The second-order valence-electron chi connectivity index (χ2n) is 7.04. The zero-order chi connectivity index (χ0) is 14.6. The van der Waals surface area contributed by atoms with E-state index in [1.54, 1.807) is 0 Å². The molecule has 0 saturated heterocycles. The Morgan fingerprint density at radius 2 is 1.95 bits per heavy atom. The second-order valence-corrected chi connectivity index (χ2v) is 7.04. The lowest BCUT2D eigenvalue weighted by molar-refractivity contribution is -0.176. The van der Waals surface area contributed by atoms with Crippen molar-refractivity contribution in [1.29, 1.82) is 0 Å². The van der Waals surface area contributed by atoms with Gasteiger partial charge in [0.1, 0.15) is 5.78 Å². The maximum absolute atomic E-state index is 12.8. The van der Waals surface area contributed by atoms with Gasteiger partial charge < -0.3 is 4.74 Å². The third-order valence-corrected chi connectivity index (χ3v) is 5.52. The van der Waals surface area contributed by atoms with Crippen molar-refractivity contribution < 1.29 is 14.3 Å². The summed E-state index contributed by atoms with van der Waals surface area (Å²) in [5.41, 5.74) is 0.139. The number of fused-ring (bicyclic) bond motifs is 3. The molecule has 0 heterocycles. The summed E-state index contributed by atoms with van der Waals surface area (Å²) in [5.74, 6) is 0.217. The van der Waals surface area contributed by atoms with Crippen LogP contribution >= 0.6 is 0 Å². The molecule has 0 amide bonds. The molecule has 0 N–H and O–H groups in total. The first-order valence-electron chi connectivity index (χ1n) is 6.94. The summed E-state index contributed by atoms with van der Waals surface area (Å²) in [6.07, 6.45) is 1.47. The third kappa shape index (κ3) is 1.78. The number of ketones is 1. The molecule has 0 aliphatic heterocycles. The van der Waals surface area contributed by atoms with Gasteiger partial charge >= 0.3 is 5.97 Å². The first kappa shape index (κ1) is 14.3. The van der Waals surface area contributed by atoms with Crippen LogP contribution in [0.2, 0.25) is 0 Å². The van der Waals surface area contributed by atoms with Crippen LogP contribution in [0.5, 0.6) is 0 Å². The molecular formula is C16H24O3. The average molecular weight is 264 g/mol. The van der Waals surface area contributed by atoms with Crippen LogP contribution in [0.25, 0.3) is 0 Å². The van der Waals surface area contributed by atoms with E-state index < -0.39 is 10.8 Å². The number of rotatable bonds is 2. The van der Waals surface area contributed by atoms with Crippen LogP contribution in [0, 0.1) is 28.6 Å². The van der Waals surface area contributed by atoms with Gasteiger partial charge in [-0.15, -0.1) is 0 Å². The number of carbonyl (C=O) groups excluding carboxylic acids is 2. The Balaban J connectivity index is 2.47. The van der Waals surface area contributed by atoms with Gasteiger partial charge in [0.05, 0.1) is 13.0 Å². The van der Waals surface area contributed by atoms with Crippen LogP contribution in [-0.2, 0) is 14.3 Å². The minimum Gasteiger partial charge on any atom is -0.469 e. The summed E-state index contributed by atoms with van der Waals surface area (Å²) in [4.78, 5) is 24.8. The highest BCUT2D eigenvalue weighted by Crippen LogP contribution is 2.62. The molecular weight excluding hydrogens is 240 g/mol. The lowest BCUT2D eigenvalue weighted by atomic mass is 9.43. The Morgan fingerprint density at radius 3 is 2.42 bits per heavy atom. The van der Waals surface area contributed by atoms with Crippen LogP contribution in [0.1, 0.15) is 40.5 Å². The van der Waals surface area contributed by atoms with Crippen LogP contribution in [0.15, 0.2) is 12.2 Å². The zero-order valence-corrected chi connectivity index (χ0v) is 12.6. The van der Waals surface area contributed by atoms with Gasteiger partial charge in [0.15, 0.2) is 0 Å². The fraction of sp³-hybridized carbons (Fsp3) is 0.750. The second kappa shape index (κ2) is 4.19. The molecule has 3 saturated carbocycles. The Hall–Kier alpha value is -1.12. The molecule has 0 aromatic carbocycles. The molecule has 2 bridgehead atoms. The number of ether oxygens (including phenoxy) is 1. The Morgan fingerprint density at radius 1 is 1.37 bits per heavy atom. The van der Waals surface area contributed by atoms with Crippen molar-refractivity contribution in [2.24, 2.45) is 28.6 Å². The van der Waals surface area contributed by atoms with Gasteiger partial charge in [-0.3, -0.25) is 9.59 Å². The molecule has 3 heteroatoms. The summed E-state index contributed by atoms with van der Waals surface area (Å²) >= 11 is 0. The average Bonchev–Trinajstić information content (AvgIpc) is 2.33. The molecule has 3 rings (SSSR count). The van der Waals surface area contributed by atoms with Crippen molar-refractivity contribution in [2.75, 3.05) is 7.11 Å². The highest BCUT2D eigenvalue weighted by Gasteiger charge is 2.64. The van der Waals surface area contributed by atoms with E-state index in [1.807, 2.05) is 27.7 Å². The molecule has 3 aliphatic rings. The van der Waals surface area contributed by atoms with Crippen LogP contribution in [-0.4, -0.2) is 18.9 Å². The maximum Gasteiger partial charge on any atom is 0.309 e. The molecule has 0 spiro atoms. The van der Waals surface area contributed by atoms with Gasteiger partial charge in [-0.05, 0) is 31.6 Å². The number of esters is 1. The molecule has 19 heavy (non-hydrogen) atoms.